The first-order valence-corrected chi connectivity index (χ1v) is 11.9. The van der Waals surface area contributed by atoms with E-state index in [1.165, 1.54) is 7.11 Å². The number of rotatable bonds is 6. The zero-order chi connectivity index (χ0) is 24.9. The van der Waals surface area contributed by atoms with Gasteiger partial charge in [0.05, 0.1) is 29.5 Å². The Bertz CT molecular complexity index is 1380. The Hall–Kier alpha value is -4.09. The minimum absolute atomic E-state index is 0.0306. The van der Waals surface area contributed by atoms with Gasteiger partial charge < -0.3 is 15.4 Å². The third-order valence-corrected chi connectivity index (χ3v) is 6.82. The molecule has 176 valence electrons. The second-order valence-corrected chi connectivity index (χ2v) is 9.12. The smallest absolute Gasteiger partial charge is 0.319 e. The Morgan fingerprint density at radius 2 is 1.80 bits per heavy atom. The number of amides is 2. The molecule has 1 aliphatic heterocycles. The zero-order valence-electron chi connectivity index (χ0n) is 19.2. The highest BCUT2D eigenvalue weighted by Gasteiger charge is 2.44. The van der Waals surface area contributed by atoms with Crippen LogP contribution in [0.4, 0.5) is 5.69 Å². The summed E-state index contributed by atoms with van der Waals surface area (Å²) in [6, 6.07) is 22.9. The van der Waals surface area contributed by atoms with Crippen LogP contribution in [0.1, 0.15) is 17.0 Å². The van der Waals surface area contributed by atoms with Gasteiger partial charge in [0.1, 0.15) is 5.92 Å². The molecule has 3 aromatic carbocycles. The molecule has 0 aliphatic carbocycles. The lowest BCUT2D eigenvalue weighted by Crippen LogP contribution is -2.44. The molecular weight excluding hydrogens is 462 g/mol. The average Bonchev–Trinajstić information content (AvgIpc) is 2.87. The van der Waals surface area contributed by atoms with Crippen molar-refractivity contribution in [1.82, 2.24) is 5.32 Å². The number of hydrogen-bond acceptors (Lipinski definition) is 6. The fraction of sp³-hybridized carbons (Fsp3) is 0.185. The highest BCUT2D eigenvalue weighted by atomic mass is 32.2. The van der Waals surface area contributed by atoms with Crippen molar-refractivity contribution < 1.29 is 19.1 Å². The third-order valence-electron chi connectivity index (χ3n) is 5.80. The second kappa shape index (κ2) is 10.5. The molecule has 1 aliphatic rings. The molecule has 0 saturated carbocycles. The van der Waals surface area contributed by atoms with E-state index in [2.05, 4.69) is 16.7 Å². The molecule has 0 saturated heterocycles. The first-order chi connectivity index (χ1) is 16.9. The van der Waals surface area contributed by atoms with Crippen molar-refractivity contribution >= 4 is 46.0 Å². The number of benzene rings is 3. The summed E-state index contributed by atoms with van der Waals surface area (Å²) < 4.78 is 4.86. The summed E-state index contributed by atoms with van der Waals surface area (Å²) in [6.07, 6.45) is 0. The van der Waals surface area contributed by atoms with Gasteiger partial charge in [-0.15, -0.1) is 0 Å². The summed E-state index contributed by atoms with van der Waals surface area (Å²) in [7, 11) is 1.21. The number of methoxy groups -OCH3 is 1. The topological polar surface area (TPSA) is 108 Å². The lowest BCUT2D eigenvalue weighted by molar-refractivity contribution is -0.150. The largest absolute Gasteiger partial charge is 0.468 e. The first-order valence-electron chi connectivity index (χ1n) is 10.9. The Morgan fingerprint density at radius 3 is 2.49 bits per heavy atom. The number of esters is 1. The van der Waals surface area contributed by atoms with E-state index >= 15 is 0 Å². The maximum absolute atomic E-state index is 12.9. The van der Waals surface area contributed by atoms with Crippen LogP contribution in [0.15, 0.2) is 77.3 Å². The maximum Gasteiger partial charge on any atom is 0.319 e. The number of nitrogens with one attached hydrogen (secondary N) is 2. The molecular formula is C27H23N3O4S. The Balaban J connectivity index is 1.57. The highest BCUT2D eigenvalue weighted by molar-refractivity contribution is 8.03. The minimum Gasteiger partial charge on any atom is -0.468 e. The lowest BCUT2D eigenvalue weighted by atomic mass is 9.78. The molecule has 0 bridgehead atoms. The van der Waals surface area contributed by atoms with E-state index in [0.717, 1.165) is 28.1 Å². The number of allylic oxidation sites excluding steroid dienone is 1. The number of anilines is 1. The van der Waals surface area contributed by atoms with E-state index in [1.54, 1.807) is 12.1 Å². The third kappa shape index (κ3) is 5.20. The van der Waals surface area contributed by atoms with Crippen LogP contribution in [0.25, 0.3) is 10.8 Å². The predicted octanol–water partition coefficient (Wildman–Crippen LogP) is 4.26. The number of nitrogens with zero attached hydrogens (tertiary/aromatic N) is 1. The average molecular weight is 486 g/mol. The fourth-order valence-corrected chi connectivity index (χ4v) is 4.90. The van der Waals surface area contributed by atoms with Crippen LogP contribution >= 0.6 is 11.8 Å². The van der Waals surface area contributed by atoms with Crippen molar-refractivity contribution in [2.24, 2.45) is 5.92 Å². The second-order valence-electron chi connectivity index (χ2n) is 8.13. The summed E-state index contributed by atoms with van der Waals surface area (Å²) >= 11 is 1.05. The Labute approximate surface area is 207 Å². The number of aryl methyl sites for hydroxylation is 1. The normalized spacial score (nSPS) is 17.5. The van der Waals surface area contributed by atoms with E-state index < -0.39 is 23.7 Å². The standard InChI is InChI=1S/C27H23N3O4S/c1-16-7-9-18(10-8-16)23-21(14-28)26(30-25(32)24(23)27(33)34-2)35-15-22(31)29-20-12-11-17-5-3-4-6-19(17)13-20/h3-13,23-24H,15H2,1-2H3,(H,29,31)(H,30,32)/t23-,24-/m0/s1. The van der Waals surface area contributed by atoms with Crippen LogP contribution in [0, 0.1) is 24.2 Å². The van der Waals surface area contributed by atoms with Gasteiger partial charge in [-0.2, -0.15) is 5.26 Å². The Morgan fingerprint density at radius 1 is 1.09 bits per heavy atom. The monoisotopic (exact) mass is 485 g/mol. The molecule has 2 N–H and O–H groups in total. The van der Waals surface area contributed by atoms with E-state index in [4.69, 9.17) is 4.74 Å². The quantitative estimate of drug-likeness (QED) is 0.399. The molecule has 0 fully saturated rings. The summed E-state index contributed by atoms with van der Waals surface area (Å²) in [6.45, 7) is 1.92. The molecule has 3 aromatic rings. The summed E-state index contributed by atoms with van der Waals surface area (Å²) in [5, 5.41) is 17.8. The van der Waals surface area contributed by atoms with Gasteiger partial charge >= 0.3 is 5.97 Å². The van der Waals surface area contributed by atoms with Gasteiger partial charge in [0.15, 0.2) is 0 Å². The molecule has 0 spiro atoms. The van der Waals surface area contributed by atoms with Gasteiger partial charge in [-0.1, -0.05) is 71.9 Å². The fourth-order valence-electron chi connectivity index (χ4n) is 4.06. The number of carbonyl (C=O) groups excluding carboxylic acids is 3. The van der Waals surface area contributed by atoms with E-state index in [0.29, 0.717) is 11.3 Å². The van der Waals surface area contributed by atoms with Crippen molar-refractivity contribution in [2.45, 2.75) is 12.8 Å². The molecule has 7 nitrogen and oxygen atoms in total. The molecule has 2 amide bonds. The van der Waals surface area contributed by atoms with Gasteiger partial charge in [0.25, 0.3) is 0 Å². The molecule has 4 rings (SSSR count). The zero-order valence-corrected chi connectivity index (χ0v) is 20.0. The predicted molar refractivity (Wildman–Crippen MR) is 135 cm³/mol. The Kier molecular flexibility index (Phi) is 7.18. The van der Waals surface area contributed by atoms with Crippen LogP contribution in [-0.2, 0) is 19.1 Å². The van der Waals surface area contributed by atoms with Crippen LogP contribution in [0.2, 0.25) is 0 Å². The summed E-state index contributed by atoms with van der Waals surface area (Å²) in [5.41, 5.74) is 2.52. The van der Waals surface area contributed by atoms with Crippen molar-refractivity contribution in [3.8, 4) is 6.07 Å². The molecule has 1 heterocycles. The van der Waals surface area contributed by atoms with Crippen molar-refractivity contribution in [3.63, 3.8) is 0 Å². The van der Waals surface area contributed by atoms with E-state index in [-0.39, 0.29) is 22.3 Å². The van der Waals surface area contributed by atoms with Gasteiger partial charge in [-0.25, -0.2) is 0 Å². The van der Waals surface area contributed by atoms with Crippen LogP contribution in [-0.4, -0.2) is 30.6 Å². The van der Waals surface area contributed by atoms with Crippen molar-refractivity contribution in [1.29, 1.82) is 5.26 Å². The number of ether oxygens (including phenoxy) is 1. The van der Waals surface area contributed by atoms with Gasteiger partial charge in [-0.05, 0) is 35.4 Å². The first kappa shape index (κ1) is 24.0. The van der Waals surface area contributed by atoms with Crippen LogP contribution in [0.3, 0.4) is 0 Å². The van der Waals surface area contributed by atoms with Gasteiger partial charge in [0.2, 0.25) is 11.8 Å². The summed E-state index contributed by atoms with van der Waals surface area (Å²) in [4.78, 5) is 38.0. The number of nitriles is 1. The number of carbonyl (C=O) groups is 3. The molecule has 35 heavy (non-hydrogen) atoms. The van der Waals surface area contributed by atoms with Gasteiger partial charge in [-0.3, -0.25) is 14.4 Å². The number of fused-ring (bicyclic) bond motifs is 1. The van der Waals surface area contributed by atoms with Crippen LogP contribution in [0.5, 0.6) is 0 Å². The maximum atomic E-state index is 12.9. The van der Waals surface area contributed by atoms with Crippen molar-refractivity contribution in [2.75, 3.05) is 18.2 Å². The lowest BCUT2D eigenvalue weighted by Gasteiger charge is -2.31. The highest BCUT2D eigenvalue weighted by Crippen LogP contribution is 2.40. The molecule has 8 heteroatoms. The van der Waals surface area contributed by atoms with E-state index in [9.17, 15) is 19.6 Å². The molecule has 2 atom stereocenters. The minimum atomic E-state index is -1.20. The van der Waals surface area contributed by atoms with Crippen LogP contribution < -0.4 is 10.6 Å². The SMILES string of the molecule is COC(=O)[C@@H]1C(=O)NC(SCC(=O)Nc2ccc3ccccc3c2)=C(C#N)[C@@H]1c1ccc(C)cc1. The summed E-state index contributed by atoms with van der Waals surface area (Å²) in [5.74, 6) is -3.62. The van der Waals surface area contributed by atoms with Crippen molar-refractivity contribution in [3.05, 3.63) is 88.5 Å². The van der Waals surface area contributed by atoms with E-state index in [1.807, 2.05) is 61.5 Å². The number of hydrogen-bond donors (Lipinski definition) is 2. The molecule has 0 radical (unpaired) electrons. The molecule has 0 aromatic heterocycles. The number of thioether (sulfide) groups is 1. The van der Waals surface area contributed by atoms with Gasteiger partial charge in [0, 0.05) is 11.6 Å². The molecule has 0 unspecified atom stereocenters.